The molecule has 1 heterocycles. The summed E-state index contributed by atoms with van der Waals surface area (Å²) in [6, 6.07) is 1.42. The Morgan fingerprint density at radius 1 is 1.05 bits per heavy atom. The molecule has 0 amide bonds. The molecule has 1 saturated heterocycles. The van der Waals surface area contributed by atoms with Crippen molar-refractivity contribution in [1.29, 1.82) is 0 Å². The third-order valence-corrected chi connectivity index (χ3v) is 5.19. The Kier molecular flexibility index (Phi) is 8.24. The van der Waals surface area contributed by atoms with Gasteiger partial charge in [-0.1, -0.05) is 32.1 Å². The molecular formula is C18H34N2O2. The van der Waals surface area contributed by atoms with Crippen LogP contribution in [0, 0.1) is 0 Å². The Morgan fingerprint density at radius 2 is 1.68 bits per heavy atom. The number of carbonyl (C=O) groups excluding carboxylic acids is 1. The van der Waals surface area contributed by atoms with Crippen molar-refractivity contribution in [2.24, 2.45) is 0 Å². The van der Waals surface area contributed by atoms with E-state index in [-0.39, 0.29) is 5.97 Å². The van der Waals surface area contributed by atoms with E-state index in [1.54, 1.807) is 0 Å². The monoisotopic (exact) mass is 310 g/mol. The van der Waals surface area contributed by atoms with Crippen LogP contribution >= 0.6 is 0 Å². The summed E-state index contributed by atoms with van der Waals surface area (Å²) < 4.78 is 4.96. The summed E-state index contributed by atoms with van der Waals surface area (Å²) in [6.45, 7) is 5.55. The predicted molar refractivity (Wildman–Crippen MR) is 90.0 cm³/mol. The highest BCUT2D eigenvalue weighted by molar-refractivity contribution is 5.69. The van der Waals surface area contributed by atoms with Crippen molar-refractivity contribution in [3.8, 4) is 0 Å². The normalized spacial score (nSPS) is 23.0. The summed E-state index contributed by atoms with van der Waals surface area (Å²) >= 11 is 0. The zero-order valence-electron chi connectivity index (χ0n) is 14.3. The number of hydrogen-bond acceptors (Lipinski definition) is 4. The van der Waals surface area contributed by atoms with Crippen LogP contribution < -0.4 is 5.32 Å². The molecular weight excluding hydrogens is 276 g/mol. The second-order valence-corrected chi connectivity index (χ2v) is 6.82. The van der Waals surface area contributed by atoms with Gasteiger partial charge in [0.2, 0.25) is 0 Å². The number of nitrogens with one attached hydrogen (secondary N) is 1. The van der Waals surface area contributed by atoms with E-state index >= 15 is 0 Å². The molecule has 0 spiro atoms. The van der Waals surface area contributed by atoms with Gasteiger partial charge in [0, 0.05) is 18.6 Å². The van der Waals surface area contributed by atoms with Gasteiger partial charge < -0.3 is 15.0 Å². The van der Waals surface area contributed by atoms with Gasteiger partial charge >= 0.3 is 5.97 Å². The lowest BCUT2D eigenvalue weighted by atomic mass is 9.93. The maximum atomic E-state index is 11.3. The molecule has 0 unspecified atom stereocenters. The molecule has 2 rings (SSSR count). The van der Waals surface area contributed by atoms with Crippen molar-refractivity contribution in [3.05, 3.63) is 0 Å². The van der Waals surface area contributed by atoms with Crippen molar-refractivity contribution in [2.45, 2.75) is 83.2 Å². The van der Waals surface area contributed by atoms with Gasteiger partial charge in [-0.25, -0.2) is 0 Å². The summed E-state index contributed by atoms with van der Waals surface area (Å²) in [5, 5.41) is 3.53. The first-order chi connectivity index (χ1) is 10.8. The number of piperidine rings is 1. The first kappa shape index (κ1) is 17.7. The maximum absolute atomic E-state index is 11.3. The molecule has 0 radical (unpaired) electrons. The number of carbonyl (C=O) groups is 1. The van der Waals surface area contributed by atoms with Crippen LogP contribution in [0.2, 0.25) is 0 Å². The van der Waals surface area contributed by atoms with Crippen molar-refractivity contribution in [3.63, 3.8) is 0 Å². The van der Waals surface area contributed by atoms with Crippen molar-refractivity contribution < 1.29 is 9.53 Å². The van der Waals surface area contributed by atoms with E-state index in [9.17, 15) is 4.79 Å². The zero-order valence-corrected chi connectivity index (χ0v) is 14.3. The topological polar surface area (TPSA) is 41.6 Å². The van der Waals surface area contributed by atoms with E-state index < -0.39 is 0 Å². The van der Waals surface area contributed by atoms with E-state index in [4.69, 9.17) is 4.74 Å². The predicted octanol–water partition coefficient (Wildman–Crippen LogP) is 3.11. The molecule has 128 valence electrons. The summed E-state index contributed by atoms with van der Waals surface area (Å²) in [5.41, 5.74) is 0. The number of esters is 1. The lowest BCUT2D eigenvalue weighted by molar-refractivity contribution is -0.143. The number of likely N-dealkylation sites (tertiary alicyclic amines) is 1. The average Bonchev–Trinajstić information content (AvgIpc) is 2.48. The van der Waals surface area contributed by atoms with Crippen LogP contribution in [0.15, 0.2) is 0 Å². The Morgan fingerprint density at radius 3 is 2.32 bits per heavy atom. The molecule has 2 fully saturated rings. The molecule has 22 heavy (non-hydrogen) atoms. The zero-order chi connectivity index (χ0) is 15.6. The molecule has 1 saturated carbocycles. The lowest BCUT2D eigenvalue weighted by Crippen LogP contribution is -2.47. The molecule has 0 atom stereocenters. The van der Waals surface area contributed by atoms with Gasteiger partial charge in [0.25, 0.3) is 0 Å². The van der Waals surface area contributed by atoms with E-state index in [0.717, 1.165) is 12.6 Å². The van der Waals surface area contributed by atoms with Crippen LogP contribution in [0.4, 0.5) is 0 Å². The largest absolute Gasteiger partial charge is 0.466 e. The molecule has 0 aromatic heterocycles. The Hall–Kier alpha value is -0.610. The molecule has 4 heteroatoms. The lowest BCUT2D eigenvalue weighted by Gasteiger charge is -2.38. The highest BCUT2D eigenvalue weighted by Gasteiger charge is 2.25. The number of rotatable bonds is 6. The fourth-order valence-electron chi connectivity index (χ4n) is 3.88. The molecule has 1 aliphatic carbocycles. The SMILES string of the molecule is CCOC(=O)CCNC1CCN(C2CCCCCCC2)CC1. The third-order valence-electron chi connectivity index (χ3n) is 5.19. The number of hydrogen-bond donors (Lipinski definition) is 1. The van der Waals surface area contributed by atoms with Gasteiger partial charge in [-0.3, -0.25) is 4.79 Å². The van der Waals surface area contributed by atoms with Crippen molar-refractivity contribution in [2.75, 3.05) is 26.2 Å². The highest BCUT2D eigenvalue weighted by atomic mass is 16.5. The fraction of sp³-hybridized carbons (Fsp3) is 0.944. The van der Waals surface area contributed by atoms with Gasteiger partial charge in [-0.2, -0.15) is 0 Å². The standard InChI is InChI=1S/C18H34N2O2/c1-2-22-18(21)10-13-19-16-11-14-20(15-12-16)17-8-6-4-3-5-7-9-17/h16-17,19H,2-15H2,1H3. The molecule has 0 aromatic rings. The summed E-state index contributed by atoms with van der Waals surface area (Å²) in [6.07, 6.45) is 12.9. The van der Waals surface area contributed by atoms with Crippen LogP contribution in [-0.2, 0) is 9.53 Å². The van der Waals surface area contributed by atoms with Gasteiger partial charge in [0.1, 0.15) is 0 Å². The minimum absolute atomic E-state index is 0.0815. The minimum atomic E-state index is -0.0815. The van der Waals surface area contributed by atoms with E-state index in [2.05, 4.69) is 10.2 Å². The summed E-state index contributed by atoms with van der Waals surface area (Å²) in [5.74, 6) is -0.0815. The molecule has 0 bridgehead atoms. The first-order valence-electron chi connectivity index (χ1n) is 9.42. The number of ether oxygens (including phenoxy) is 1. The van der Waals surface area contributed by atoms with E-state index in [1.165, 1.54) is 70.9 Å². The first-order valence-corrected chi connectivity index (χ1v) is 9.42. The summed E-state index contributed by atoms with van der Waals surface area (Å²) in [4.78, 5) is 14.1. The maximum Gasteiger partial charge on any atom is 0.307 e. The van der Waals surface area contributed by atoms with Crippen LogP contribution in [0.1, 0.15) is 71.1 Å². The molecule has 0 aromatic carbocycles. The molecule has 4 nitrogen and oxygen atoms in total. The fourth-order valence-corrected chi connectivity index (χ4v) is 3.88. The van der Waals surface area contributed by atoms with Crippen LogP contribution in [-0.4, -0.2) is 49.2 Å². The van der Waals surface area contributed by atoms with Crippen LogP contribution in [0.25, 0.3) is 0 Å². The molecule has 2 aliphatic rings. The number of nitrogens with zero attached hydrogens (tertiary/aromatic N) is 1. The molecule has 1 aliphatic heterocycles. The van der Waals surface area contributed by atoms with Gasteiger partial charge in [0.05, 0.1) is 13.0 Å². The second kappa shape index (κ2) is 10.2. The smallest absolute Gasteiger partial charge is 0.307 e. The quantitative estimate of drug-likeness (QED) is 0.766. The van der Waals surface area contributed by atoms with E-state index in [1.807, 2.05) is 6.92 Å². The van der Waals surface area contributed by atoms with Crippen molar-refractivity contribution in [1.82, 2.24) is 10.2 Å². The third kappa shape index (κ3) is 6.25. The van der Waals surface area contributed by atoms with Gasteiger partial charge in [-0.15, -0.1) is 0 Å². The second-order valence-electron chi connectivity index (χ2n) is 6.82. The van der Waals surface area contributed by atoms with E-state index in [0.29, 0.717) is 19.1 Å². The van der Waals surface area contributed by atoms with Crippen molar-refractivity contribution >= 4 is 5.97 Å². The van der Waals surface area contributed by atoms with Crippen LogP contribution in [0.3, 0.4) is 0 Å². The van der Waals surface area contributed by atoms with Crippen LogP contribution in [0.5, 0.6) is 0 Å². The Balaban J connectivity index is 1.61. The minimum Gasteiger partial charge on any atom is -0.466 e. The Labute approximate surface area is 136 Å². The van der Waals surface area contributed by atoms with Gasteiger partial charge in [-0.05, 0) is 45.7 Å². The highest BCUT2D eigenvalue weighted by Crippen LogP contribution is 2.24. The summed E-state index contributed by atoms with van der Waals surface area (Å²) in [7, 11) is 0. The average molecular weight is 310 g/mol. The Bertz CT molecular complexity index is 306. The molecule has 1 N–H and O–H groups in total. The van der Waals surface area contributed by atoms with Gasteiger partial charge in [0.15, 0.2) is 0 Å².